The zero-order chi connectivity index (χ0) is 21.3. The first-order chi connectivity index (χ1) is 14.5. The molecule has 1 aromatic carbocycles. The summed E-state index contributed by atoms with van der Waals surface area (Å²) in [6.07, 6.45) is 1.08. The van der Waals surface area contributed by atoms with E-state index in [4.69, 9.17) is 11.5 Å². The second-order valence-corrected chi connectivity index (χ2v) is 6.28. The normalized spacial score (nSPS) is 10.9. The molecular formula is C19H17FN8O2. The molecule has 0 atom stereocenters. The van der Waals surface area contributed by atoms with Gasteiger partial charge in [-0.25, -0.2) is 9.18 Å². The summed E-state index contributed by atoms with van der Waals surface area (Å²) in [7, 11) is 1.21. The molecule has 0 spiro atoms. The van der Waals surface area contributed by atoms with E-state index in [1.54, 1.807) is 36.5 Å². The number of nitrogens with one attached hydrogen (secondary N) is 1. The van der Waals surface area contributed by atoms with Gasteiger partial charge in [-0.05, 0) is 23.8 Å². The summed E-state index contributed by atoms with van der Waals surface area (Å²) in [6.45, 7) is 0. The molecule has 10 nitrogen and oxygen atoms in total. The van der Waals surface area contributed by atoms with Crippen LogP contribution in [0.25, 0.3) is 17.0 Å². The van der Waals surface area contributed by atoms with Crippen molar-refractivity contribution in [3.05, 3.63) is 59.7 Å². The number of hydrogen-bond acceptors (Lipinski definition) is 8. The first kappa shape index (κ1) is 19.1. The number of carbonyl (C=O) groups is 1. The first-order valence-corrected chi connectivity index (χ1v) is 8.82. The Balaban J connectivity index is 1.80. The fourth-order valence-corrected chi connectivity index (χ4v) is 2.97. The van der Waals surface area contributed by atoms with Crippen LogP contribution in [-0.4, -0.2) is 37.9 Å². The molecule has 3 aromatic heterocycles. The molecule has 5 N–H and O–H groups in total. The SMILES string of the molecule is COC(=O)Nc1c(N)nc(-n2nc(Cc3ccccc3F)c3ncccc32)nc1N. The number of halogens is 1. The van der Waals surface area contributed by atoms with Gasteiger partial charge in [-0.3, -0.25) is 10.3 Å². The molecule has 0 bridgehead atoms. The Kier molecular flexibility index (Phi) is 4.84. The van der Waals surface area contributed by atoms with Crippen molar-refractivity contribution in [2.45, 2.75) is 6.42 Å². The molecule has 1 amide bonds. The van der Waals surface area contributed by atoms with Crippen molar-refractivity contribution >= 4 is 34.4 Å². The van der Waals surface area contributed by atoms with Crippen LogP contribution in [0.1, 0.15) is 11.3 Å². The summed E-state index contributed by atoms with van der Waals surface area (Å²) in [6, 6.07) is 9.95. The van der Waals surface area contributed by atoms with Gasteiger partial charge in [-0.2, -0.15) is 19.7 Å². The number of nitrogens with two attached hydrogens (primary N) is 2. The number of nitrogens with zero attached hydrogens (tertiary/aromatic N) is 5. The Morgan fingerprint density at radius 1 is 1.17 bits per heavy atom. The van der Waals surface area contributed by atoms with Crippen LogP contribution in [0.15, 0.2) is 42.6 Å². The number of hydrogen-bond donors (Lipinski definition) is 3. The summed E-state index contributed by atoms with van der Waals surface area (Å²) in [5.74, 6) is -0.380. The molecule has 4 rings (SSSR count). The lowest BCUT2D eigenvalue weighted by molar-refractivity contribution is 0.187. The number of carbonyl (C=O) groups excluding carboxylic acids is 1. The van der Waals surface area contributed by atoms with Crippen LogP contribution in [0.5, 0.6) is 0 Å². The topological polar surface area (TPSA) is 147 Å². The van der Waals surface area contributed by atoms with Crippen molar-refractivity contribution in [2.24, 2.45) is 0 Å². The average molecular weight is 408 g/mol. The van der Waals surface area contributed by atoms with Gasteiger partial charge >= 0.3 is 6.09 Å². The van der Waals surface area contributed by atoms with Crippen LogP contribution < -0.4 is 16.8 Å². The molecule has 0 aliphatic rings. The predicted molar refractivity (Wildman–Crippen MR) is 109 cm³/mol. The monoisotopic (exact) mass is 408 g/mol. The number of pyridine rings is 1. The van der Waals surface area contributed by atoms with Gasteiger partial charge in [-0.15, -0.1) is 0 Å². The molecule has 0 aliphatic heterocycles. The number of fused-ring (bicyclic) bond motifs is 1. The standard InChI is InChI=1S/C19H17FN8O2/c1-30-19(29)24-15-16(21)25-18(26-17(15)22)28-13-7-4-8-23-14(13)12(27-28)9-10-5-2-3-6-11(10)20/h2-8H,9H2,1H3,(H,24,29)(H4,21,22,25,26). The molecule has 3 heterocycles. The van der Waals surface area contributed by atoms with E-state index < -0.39 is 6.09 Å². The molecule has 0 saturated heterocycles. The van der Waals surface area contributed by atoms with Crippen molar-refractivity contribution in [2.75, 3.05) is 23.9 Å². The molecule has 30 heavy (non-hydrogen) atoms. The number of methoxy groups -OCH3 is 1. The smallest absolute Gasteiger partial charge is 0.411 e. The van der Waals surface area contributed by atoms with Crippen LogP contribution in [0.4, 0.5) is 26.5 Å². The summed E-state index contributed by atoms with van der Waals surface area (Å²) in [4.78, 5) is 24.2. The maximum atomic E-state index is 14.1. The van der Waals surface area contributed by atoms with E-state index in [-0.39, 0.29) is 35.5 Å². The second kappa shape index (κ2) is 7.62. The molecule has 0 radical (unpaired) electrons. The molecule has 152 valence electrons. The van der Waals surface area contributed by atoms with Gasteiger partial charge in [0, 0.05) is 12.6 Å². The van der Waals surface area contributed by atoms with E-state index in [1.165, 1.54) is 17.9 Å². The Morgan fingerprint density at radius 3 is 2.60 bits per heavy atom. The zero-order valence-electron chi connectivity index (χ0n) is 15.8. The van der Waals surface area contributed by atoms with Crippen LogP contribution in [0, 0.1) is 5.82 Å². The van der Waals surface area contributed by atoms with Crippen LogP contribution in [-0.2, 0) is 11.2 Å². The van der Waals surface area contributed by atoms with Crippen molar-refractivity contribution in [1.82, 2.24) is 24.7 Å². The van der Waals surface area contributed by atoms with Gasteiger partial charge in [0.05, 0.1) is 18.3 Å². The summed E-state index contributed by atoms with van der Waals surface area (Å²) < 4.78 is 20.1. The molecule has 11 heteroatoms. The molecule has 0 saturated carbocycles. The largest absolute Gasteiger partial charge is 0.453 e. The minimum absolute atomic E-state index is 0.0340. The number of anilines is 3. The lowest BCUT2D eigenvalue weighted by atomic mass is 10.1. The Labute approximate surface area is 169 Å². The number of rotatable bonds is 4. The van der Waals surface area contributed by atoms with E-state index in [0.717, 1.165) is 0 Å². The number of amides is 1. The van der Waals surface area contributed by atoms with Gasteiger partial charge < -0.3 is 16.2 Å². The quantitative estimate of drug-likeness (QED) is 0.466. The predicted octanol–water partition coefficient (Wildman–Crippen LogP) is 2.28. The lowest BCUT2D eigenvalue weighted by Gasteiger charge is -2.10. The van der Waals surface area contributed by atoms with Gasteiger partial charge in [0.25, 0.3) is 5.95 Å². The summed E-state index contributed by atoms with van der Waals surface area (Å²) in [5.41, 5.74) is 14.1. The summed E-state index contributed by atoms with van der Waals surface area (Å²) >= 11 is 0. The van der Waals surface area contributed by atoms with Gasteiger partial charge in [0.15, 0.2) is 11.6 Å². The third-order valence-electron chi connectivity index (χ3n) is 4.38. The maximum absolute atomic E-state index is 14.1. The van der Waals surface area contributed by atoms with Crippen molar-refractivity contribution in [3.8, 4) is 5.95 Å². The number of ether oxygens (including phenoxy) is 1. The molecule has 0 unspecified atom stereocenters. The molecule has 0 fully saturated rings. The average Bonchev–Trinajstić information content (AvgIpc) is 3.10. The van der Waals surface area contributed by atoms with E-state index in [0.29, 0.717) is 22.3 Å². The number of nitrogen functional groups attached to an aromatic ring is 2. The van der Waals surface area contributed by atoms with E-state index in [1.807, 2.05) is 0 Å². The van der Waals surface area contributed by atoms with Gasteiger partial charge in [0.1, 0.15) is 17.0 Å². The highest BCUT2D eigenvalue weighted by atomic mass is 19.1. The third kappa shape index (κ3) is 3.43. The second-order valence-electron chi connectivity index (χ2n) is 6.28. The number of benzene rings is 1. The first-order valence-electron chi connectivity index (χ1n) is 8.82. The minimum atomic E-state index is -0.759. The highest BCUT2D eigenvalue weighted by Crippen LogP contribution is 2.27. The van der Waals surface area contributed by atoms with Crippen molar-refractivity contribution in [1.29, 1.82) is 0 Å². The molecular weight excluding hydrogens is 391 g/mol. The van der Waals surface area contributed by atoms with Gasteiger partial charge in [0.2, 0.25) is 0 Å². The zero-order valence-corrected chi connectivity index (χ0v) is 15.8. The highest BCUT2D eigenvalue weighted by Gasteiger charge is 2.19. The fourth-order valence-electron chi connectivity index (χ4n) is 2.97. The van der Waals surface area contributed by atoms with E-state index >= 15 is 0 Å². The van der Waals surface area contributed by atoms with Crippen molar-refractivity contribution < 1.29 is 13.9 Å². The maximum Gasteiger partial charge on any atom is 0.411 e. The van der Waals surface area contributed by atoms with E-state index in [2.05, 4.69) is 30.1 Å². The van der Waals surface area contributed by atoms with Gasteiger partial charge in [-0.1, -0.05) is 18.2 Å². The Bertz CT molecular complexity index is 1230. The third-order valence-corrected chi connectivity index (χ3v) is 4.38. The minimum Gasteiger partial charge on any atom is -0.453 e. The van der Waals surface area contributed by atoms with Crippen molar-refractivity contribution in [3.63, 3.8) is 0 Å². The van der Waals surface area contributed by atoms with Crippen LogP contribution in [0.2, 0.25) is 0 Å². The Hall–Kier alpha value is -4.28. The van der Waals surface area contributed by atoms with Crippen LogP contribution in [0.3, 0.4) is 0 Å². The van der Waals surface area contributed by atoms with Crippen LogP contribution >= 0.6 is 0 Å². The summed E-state index contributed by atoms with van der Waals surface area (Å²) in [5, 5.41) is 6.89. The molecule has 0 aliphatic carbocycles. The molecule has 4 aromatic rings. The number of aromatic nitrogens is 5. The van der Waals surface area contributed by atoms with E-state index in [9.17, 15) is 9.18 Å². The highest BCUT2D eigenvalue weighted by molar-refractivity contribution is 5.92. The Morgan fingerprint density at radius 2 is 1.90 bits per heavy atom. The fraction of sp³-hybridized carbons (Fsp3) is 0.105. The lowest BCUT2D eigenvalue weighted by Crippen LogP contribution is -2.17.